The van der Waals surface area contributed by atoms with E-state index in [0.29, 0.717) is 10.2 Å². The fraction of sp³-hybridized carbons (Fsp3) is 0. The van der Waals surface area contributed by atoms with Crippen molar-refractivity contribution >= 4 is 23.2 Å². The summed E-state index contributed by atoms with van der Waals surface area (Å²) in [7, 11) is 0. The van der Waals surface area contributed by atoms with Gasteiger partial charge in [0.25, 0.3) is 0 Å². The number of halogens is 2. The summed E-state index contributed by atoms with van der Waals surface area (Å²) >= 11 is 11.6. The zero-order chi connectivity index (χ0) is 9.97. The standard InChI is InChI=1S/C10H6Cl2N2/c11-7-4-5-13-9(6-7)8-2-1-3-10(12)14-8/h1-6H. The Kier molecular flexibility index (Phi) is 2.66. The van der Waals surface area contributed by atoms with Gasteiger partial charge in [0.1, 0.15) is 5.15 Å². The molecule has 0 aliphatic heterocycles. The Morgan fingerprint density at radius 3 is 2.57 bits per heavy atom. The van der Waals surface area contributed by atoms with Crippen LogP contribution >= 0.6 is 23.2 Å². The number of pyridine rings is 2. The Bertz CT molecular complexity index is 414. The van der Waals surface area contributed by atoms with Crippen molar-refractivity contribution in [2.75, 3.05) is 0 Å². The number of aromatic nitrogens is 2. The molecule has 0 saturated carbocycles. The average Bonchev–Trinajstić information content (AvgIpc) is 2.18. The summed E-state index contributed by atoms with van der Waals surface area (Å²) in [5.74, 6) is 0. The van der Waals surface area contributed by atoms with E-state index in [1.165, 1.54) is 0 Å². The van der Waals surface area contributed by atoms with Crippen molar-refractivity contribution in [3.8, 4) is 11.4 Å². The highest BCUT2D eigenvalue weighted by Crippen LogP contribution is 2.19. The first kappa shape index (κ1) is 9.44. The van der Waals surface area contributed by atoms with E-state index in [1.807, 2.05) is 12.1 Å². The van der Waals surface area contributed by atoms with E-state index in [-0.39, 0.29) is 0 Å². The molecule has 2 heterocycles. The second-order valence-corrected chi connectivity index (χ2v) is 3.53. The summed E-state index contributed by atoms with van der Waals surface area (Å²) in [5, 5.41) is 1.08. The van der Waals surface area contributed by atoms with Gasteiger partial charge in [0.05, 0.1) is 11.4 Å². The lowest BCUT2D eigenvalue weighted by Crippen LogP contribution is -1.86. The average molecular weight is 225 g/mol. The Hall–Kier alpha value is -1.12. The summed E-state index contributed by atoms with van der Waals surface area (Å²) < 4.78 is 0. The van der Waals surface area contributed by atoms with Crippen molar-refractivity contribution < 1.29 is 0 Å². The molecule has 2 nitrogen and oxygen atoms in total. The first-order chi connectivity index (χ1) is 6.75. The van der Waals surface area contributed by atoms with Crippen molar-refractivity contribution in [2.45, 2.75) is 0 Å². The lowest BCUT2D eigenvalue weighted by atomic mass is 10.2. The van der Waals surface area contributed by atoms with Gasteiger partial charge in [0.15, 0.2) is 0 Å². The van der Waals surface area contributed by atoms with Gasteiger partial charge in [-0.05, 0) is 24.3 Å². The number of rotatable bonds is 1. The minimum Gasteiger partial charge on any atom is -0.255 e. The highest BCUT2D eigenvalue weighted by molar-refractivity contribution is 6.30. The topological polar surface area (TPSA) is 25.8 Å². The predicted octanol–water partition coefficient (Wildman–Crippen LogP) is 3.45. The highest BCUT2D eigenvalue weighted by Gasteiger charge is 2.01. The molecule has 0 aliphatic carbocycles. The molecule has 0 saturated heterocycles. The van der Waals surface area contributed by atoms with Gasteiger partial charge < -0.3 is 0 Å². The Labute approximate surface area is 91.5 Å². The summed E-state index contributed by atoms with van der Waals surface area (Å²) in [4.78, 5) is 8.27. The number of nitrogens with zero attached hydrogens (tertiary/aromatic N) is 2. The third kappa shape index (κ3) is 2.03. The molecule has 0 amide bonds. The van der Waals surface area contributed by atoms with Crippen LogP contribution in [0.25, 0.3) is 11.4 Å². The minimum absolute atomic E-state index is 0.448. The molecule has 2 rings (SSSR count). The maximum absolute atomic E-state index is 5.83. The quantitative estimate of drug-likeness (QED) is 0.694. The van der Waals surface area contributed by atoms with E-state index in [2.05, 4.69) is 9.97 Å². The zero-order valence-electron chi connectivity index (χ0n) is 7.11. The molecule has 14 heavy (non-hydrogen) atoms. The van der Waals surface area contributed by atoms with Crippen LogP contribution in [0.2, 0.25) is 10.2 Å². The van der Waals surface area contributed by atoms with E-state index in [4.69, 9.17) is 23.2 Å². The van der Waals surface area contributed by atoms with E-state index in [1.54, 1.807) is 24.4 Å². The molecule has 0 atom stereocenters. The van der Waals surface area contributed by atoms with Crippen LogP contribution in [0.15, 0.2) is 36.5 Å². The second-order valence-electron chi connectivity index (χ2n) is 2.70. The summed E-state index contributed by atoms with van der Waals surface area (Å²) in [6, 6.07) is 8.85. The van der Waals surface area contributed by atoms with Gasteiger partial charge in [0, 0.05) is 11.2 Å². The van der Waals surface area contributed by atoms with Crippen molar-refractivity contribution in [3.05, 3.63) is 46.7 Å². The second kappa shape index (κ2) is 3.95. The zero-order valence-corrected chi connectivity index (χ0v) is 8.63. The van der Waals surface area contributed by atoms with Crippen molar-refractivity contribution in [3.63, 3.8) is 0 Å². The largest absolute Gasteiger partial charge is 0.255 e. The third-order valence-corrected chi connectivity index (χ3v) is 2.15. The molecule has 0 unspecified atom stereocenters. The van der Waals surface area contributed by atoms with Crippen LogP contribution in [-0.2, 0) is 0 Å². The van der Waals surface area contributed by atoms with Crippen LogP contribution in [0.4, 0.5) is 0 Å². The van der Waals surface area contributed by atoms with Crippen LogP contribution in [0.3, 0.4) is 0 Å². The molecule has 0 spiro atoms. The monoisotopic (exact) mass is 224 g/mol. The minimum atomic E-state index is 0.448. The lowest BCUT2D eigenvalue weighted by molar-refractivity contribution is 1.25. The number of hydrogen-bond donors (Lipinski definition) is 0. The number of hydrogen-bond acceptors (Lipinski definition) is 2. The predicted molar refractivity (Wildman–Crippen MR) is 57.5 cm³/mol. The maximum atomic E-state index is 5.83. The van der Waals surface area contributed by atoms with E-state index in [9.17, 15) is 0 Å². The lowest BCUT2D eigenvalue weighted by Gasteiger charge is -1.99. The Balaban J connectivity index is 2.49. The van der Waals surface area contributed by atoms with Gasteiger partial charge in [-0.2, -0.15) is 0 Å². The molecular weight excluding hydrogens is 219 g/mol. The summed E-state index contributed by atoms with van der Waals surface area (Å²) in [6.45, 7) is 0. The maximum Gasteiger partial charge on any atom is 0.129 e. The molecule has 2 aromatic rings. The van der Waals surface area contributed by atoms with Gasteiger partial charge in [-0.1, -0.05) is 29.3 Å². The first-order valence-corrected chi connectivity index (χ1v) is 4.76. The molecular formula is C10H6Cl2N2. The van der Waals surface area contributed by atoms with Crippen molar-refractivity contribution in [2.24, 2.45) is 0 Å². The Morgan fingerprint density at radius 1 is 1.00 bits per heavy atom. The molecule has 70 valence electrons. The molecule has 4 heteroatoms. The molecule has 0 N–H and O–H groups in total. The van der Waals surface area contributed by atoms with Gasteiger partial charge in [-0.15, -0.1) is 0 Å². The van der Waals surface area contributed by atoms with Gasteiger partial charge in [-0.3, -0.25) is 4.98 Å². The van der Waals surface area contributed by atoms with Crippen LogP contribution in [0, 0.1) is 0 Å². The summed E-state index contributed by atoms with van der Waals surface area (Å²) in [5.41, 5.74) is 1.44. The van der Waals surface area contributed by atoms with Crippen molar-refractivity contribution in [1.29, 1.82) is 0 Å². The molecule has 0 fully saturated rings. The smallest absolute Gasteiger partial charge is 0.129 e. The fourth-order valence-electron chi connectivity index (χ4n) is 1.10. The SMILES string of the molecule is Clc1ccnc(-c2cccc(Cl)n2)c1. The fourth-order valence-corrected chi connectivity index (χ4v) is 1.42. The molecule has 2 aromatic heterocycles. The molecule has 0 radical (unpaired) electrons. The van der Waals surface area contributed by atoms with Crippen LogP contribution in [0.5, 0.6) is 0 Å². The molecule has 0 aliphatic rings. The normalized spacial score (nSPS) is 10.1. The van der Waals surface area contributed by atoms with E-state index in [0.717, 1.165) is 11.4 Å². The van der Waals surface area contributed by atoms with E-state index < -0.39 is 0 Å². The van der Waals surface area contributed by atoms with Crippen LogP contribution < -0.4 is 0 Å². The summed E-state index contributed by atoms with van der Waals surface area (Å²) in [6.07, 6.45) is 1.64. The Morgan fingerprint density at radius 2 is 1.86 bits per heavy atom. The van der Waals surface area contributed by atoms with E-state index >= 15 is 0 Å². The van der Waals surface area contributed by atoms with Gasteiger partial charge in [-0.25, -0.2) is 4.98 Å². The van der Waals surface area contributed by atoms with Gasteiger partial charge in [0.2, 0.25) is 0 Å². The first-order valence-electron chi connectivity index (χ1n) is 4.00. The van der Waals surface area contributed by atoms with Crippen LogP contribution in [0.1, 0.15) is 0 Å². The van der Waals surface area contributed by atoms with Crippen molar-refractivity contribution in [1.82, 2.24) is 9.97 Å². The third-order valence-electron chi connectivity index (χ3n) is 1.70. The highest BCUT2D eigenvalue weighted by atomic mass is 35.5. The molecule has 0 aromatic carbocycles. The van der Waals surface area contributed by atoms with Crippen LogP contribution in [-0.4, -0.2) is 9.97 Å². The van der Waals surface area contributed by atoms with Gasteiger partial charge >= 0.3 is 0 Å². The molecule has 0 bridgehead atoms.